The van der Waals surface area contributed by atoms with Crippen molar-refractivity contribution in [1.82, 2.24) is 5.32 Å². The van der Waals surface area contributed by atoms with Gasteiger partial charge < -0.3 is 15.2 Å². The number of nitrogens with one attached hydrogen (secondary N) is 1. The van der Waals surface area contributed by atoms with Gasteiger partial charge in [-0.05, 0) is 36.6 Å². The van der Waals surface area contributed by atoms with Gasteiger partial charge in [0.15, 0.2) is 6.10 Å². The van der Waals surface area contributed by atoms with Gasteiger partial charge in [0.25, 0.3) is 5.91 Å². The summed E-state index contributed by atoms with van der Waals surface area (Å²) in [5.41, 5.74) is 1.80. The first-order chi connectivity index (χ1) is 11.2. The van der Waals surface area contributed by atoms with Gasteiger partial charge >= 0.3 is 0 Å². The summed E-state index contributed by atoms with van der Waals surface area (Å²) in [5, 5.41) is 13.0. The van der Waals surface area contributed by atoms with Gasteiger partial charge in [-0.1, -0.05) is 42.5 Å². The predicted octanol–water partition coefficient (Wildman–Crippen LogP) is 2.79. The van der Waals surface area contributed by atoms with Crippen LogP contribution in [-0.2, 0) is 4.79 Å². The smallest absolute Gasteiger partial charge is 0.253 e. The lowest BCUT2D eigenvalue weighted by Crippen LogP contribution is -2.31. The van der Waals surface area contributed by atoms with Gasteiger partial charge in [-0.25, -0.2) is 0 Å². The summed E-state index contributed by atoms with van der Waals surface area (Å²) < 4.78 is 5.43. The minimum Gasteiger partial charge on any atom is -0.494 e. The Balaban J connectivity index is 1.55. The van der Waals surface area contributed by atoms with E-state index in [0.717, 1.165) is 12.2 Å². The number of aliphatic hydroxyl groups excluding tert-OH is 1. The van der Waals surface area contributed by atoms with Crippen molar-refractivity contribution in [2.45, 2.75) is 31.4 Å². The number of benzene rings is 2. The number of carbonyl (C=O) groups is 1. The molecule has 0 heterocycles. The van der Waals surface area contributed by atoms with E-state index in [9.17, 15) is 9.90 Å². The zero-order valence-electron chi connectivity index (χ0n) is 13.1. The molecule has 0 bridgehead atoms. The standard InChI is InChI=1S/C19H21NO3/c1-2-23-15-10-8-13(9-11-15)16-12-17(16)20-19(22)18(21)14-6-4-3-5-7-14/h3-11,16-18,21H,2,12H2,1H3,(H,20,22)/t16-,17+,18+/m0/s1. The van der Waals surface area contributed by atoms with Crippen LogP contribution in [0.1, 0.15) is 36.5 Å². The average Bonchev–Trinajstić information content (AvgIpc) is 3.35. The molecule has 0 unspecified atom stereocenters. The summed E-state index contributed by atoms with van der Waals surface area (Å²) in [6, 6.07) is 17.1. The molecule has 1 saturated carbocycles. The summed E-state index contributed by atoms with van der Waals surface area (Å²) in [4.78, 5) is 12.1. The van der Waals surface area contributed by atoms with Crippen LogP contribution in [0, 0.1) is 0 Å². The zero-order chi connectivity index (χ0) is 16.2. The van der Waals surface area contributed by atoms with E-state index in [2.05, 4.69) is 5.32 Å². The molecule has 0 aromatic heterocycles. The number of rotatable bonds is 6. The van der Waals surface area contributed by atoms with Gasteiger partial charge in [0.1, 0.15) is 5.75 Å². The Kier molecular flexibility index (Phi) is 4.63. The topological polar surface area (TPSA) is 58.6 Å². The van der Waals surface area contributed by atoms with Gasteiger partial charge in [0.2, 0.25) is 0 Å². The normalized spacial score (nSPS) is 20.6. The van der Waals surface area contributed by atoms with Crippen LogP contribution in [0.3, 0.4) is 0 Å². The lowest BCUT2D eigenvalue weighted by atomic mass is 10.1. The molecule has 4 nitrogen and oxygen atoms in total. The van der Waals surface area contributed by atoms with Crippen LogP contribution in [0.2, 0.25) is 0 Å². The fraction of sp³-hybridized carbons (Fsp3) is 0.316. The van der Waals surface area contributed by atoms with E-state index < -0.39 is 6.10 Å². The van der Waals surface area contributed by atoms with E-state index in [1.54, 1.807) is 12.1 Å². The molecule has 0 spiro atoms. The maximum absolute atomic E-state index is 12.1. The Morgan fingerprint density at radius 3 is 2.57 bits per heavy atom. The molecule has 1 fully saturated rings. The first-order valence-electron chi connectivity index (χ1n) is 7.95. The van der Waals surface area contributed by atoms with Gasteiger partial charge in [-0.15, -0.1) is 0 Å². The van der Waals surface area contributed by atoms with Crippen LogP contribution in [0.5, 0.6) is 5.75 Å². The quantitative estimate of drug-likeness (QED) is 0.862. The molecule has 2 aromatic rings. The Bertz CT molecular complexity index is 654. The molecule has 0 radical (unpaired) electrons. The summed E-state index contributed by atoms with van der Waals surface area (Å²) in [6.07, 6.45) is -0.209. The van der Waals surface area contributed by atoms with Gasteiger partial charge in [0, 0.05) is 12.0 Å². The van der Waals surface area contributed by atoms with Crippen molar-refractivity contribution >= 4 is 5.91 Å². The summed E-state index contributed by atoms with van der Waals surface area (Å²) in [6.45, 7) is 2.61. The Labute approximate surface area is 136 Å². The van der Waals surface area contributed by atoms with Crippen LogP contribution >= 0.6 is 0 Å². The van der Waals surface area contributed by atoms with Crippen molar-refractivity contribution < 1.29 is 14.6 Å². The second-order valence-electron chi connectivity index (χ2n) is 5.77. The SMILES string of the molecule is CCOc1ccc([C@@H]2C[C@H]2NC(=O)[C@H](O)c2ccccc2)cc1. The third-order valence-electron chi connectivity index (χ3n) is 4.10. The highest BCUT2D eigenvalue weighted by Gasteiger charge is 2.40. The second-order valence-corrected chi connectivity index (χ2v) is 5.77. The highest BCUT2D eigenvalue weighted by atomic mass is 16.5. The van der Waals surface area contributed by atoms with Crippen LogP contribution in [-0.4, -0.2) is 23.7 Å². The molecule has 3 rings (SSSR count). The number of hydrogen-bond donors (Lipinski definition) is 2. The third kappa shape index (κ3) is 3.71. The predicted molar refractivity (Wildman–Crippen MR) is 88.3 cm³/mol. The maximum Gasteiger partial charge on any atom is 0.253 e. The molecule has 2 aromatic carbocycles. The second kappa shape index (κ2) is 6.84. The highest BCUT2D eigenvalue weighted by molar-refractivity contribution is 5.82. The van der Waals surface area contributed by atoms with Gasteiger partial charge in [-0.2, -0.15) is 0 Å². The molecule has 0 aliphatic heterocycles. The van der Waals surface area contributed by atoms with Crippen molar-refractivity contribution in [2.24, 2.45) is 0 Å². The number of aliphatic hydroxyl groups is 1. The maximum atomic E-state index is 12.1. The average molecular weight is 311 g/mol. The van der Waals surface area contributed by atoms with E-state index in [4.69, 9.17) is 4.74 Å². The summed E-state index contributed by atoms with van der Waals surface area (Å²) in [7, 11) is 0. The largest absolute Gasteiger partial charge is 0.494 e. The van der Waals surface area contributed by atoms with Crippen LogP contribution in [0.25, 0.3) is 0 Å². The van der Waals surface area contributed by atoms with Gasteiger partial charge in [0.05, 0.1) is 6.61 Å². The van der Waals surface area contributed by atoms with E-state index in [1.807, 2.05) is 49.4 Å². The zero-order valence-corrected chi connectivity index (χ0v) is 13.1. The minimum absolute atomic E-state index is 0.0961. The first kappa shape index (κ1) is 15.6. The summed E-state index contributed by atoms with van der Waals surface area (Å²) >= 11 is 0. The lowest BCUT2D eigenvalue weighted by Gasteiger charge is -2.11. The molecule has 1 amide bonds. The van der Waals surface area contributed by atoms with Crippen LogP contribution in [0.4, 0.5) is 0 Å². The van der Waals surface area contributed by atoms with E-state index in [-0.39, 0.29) is 11.9 Å². The van der Waals surface area contributed by atoms with Crippen LogP contribution < -0.4 is 10.1 Å². The molecule has 120 valence electrons. The molecule has 4 heteroatoms. The molecule has 23 heavy (non-hydrogen) atoms. The number of ether oxygens (including phenoxy) is 1. The van der Waals surface area contributed by atoms with Gasteiger partial charge in [-0.3, -0.25) is 4.79 Å². The number of hydrogen-bond acceptors (Lipinski definition) is 3. The molecule has 0 saturated heterocycles. The van der Waals surface area contributed by atoms with Crippen molar-refractivity contribution in [3.8, 4) is 5.75 Å². The fourth-order valence-corrected chi connectivity index (χ4v) is 2.75. The van der Waals surface area contributed by atoms with Crippen molar-refractivity contribution in [3.05, 3.63) is 65.7 Å². The third-order valence-corrected chi connectivity index (χ3v) is 4.10. The first-order valence-corrected chi connectivity index (χ1v) is 7.95. The molecular formula is C19H21NO3. The van der Waals surface area contributed by atoms with Crippen molar-refractivity contribution in [3.63, 3.8) is 0 Å². The highest BCUT2D eigenvalue weighted by Crippen LogP contribution is 2.41. The molecule has 2 N–H and O–H groups in total. The summed E-state index contributed by atoms with van der Waals surface area (Å²) in [5.74, 6) is 0.837. The Morgan fingerprint density at radius 1 is 1.22 bits per heavy atom. The molecular weight excluding hydrogens is 290 g/mol. The monoisotopic (exact) mass is 311 g/mol. The molecule has 1 aliphatic rings. The van der Waals surface area contributed by atoms with Crippen molar-refractivity contribution in [2.75, 3.05) is 6.61 Å². The van der Waals surface area contributed by atoms with Crippen molar-refractivity contribution in [1.29, 1.82) is 0 Å². The lowest BCUT2D eigenvalue weighted by molar-refractivity contribution is -0.129. The Morgan fingerprint density at radius 2 is 1.91 bits per heavy atom. The number of amides is 1. The van der Waals surface area contributed by atoms with E-state index >= 15 is 0 Å². The van der Waals surface area contributed by atoms with E-state index in [0.29, 0.717) is 18.1 Å². The molecule has 1 aliphatic carbocycles. The van der Waals surface area contributed by atoms with Crippen LogP contribution in [0.15, 0.2) is 54.6 Å². The Hall–Kier alpha value is -2.33. The molecule has 3 atom stereocenters. The van der Waals surface area contributed by atoms with E-state index in [1.165, 1.54) is 5.56 Å². The number of carbonyl (C=O) groups excluding carboxylic acids is 1. The fourth-order valence-electron chi connectivity index (χ4n) is 2.75. The minimum atomic E-state index is -1.11.